The lowest BCUT2D eigenvalue weighted by Crippen LogP contribution is -2.66. The Morgan fingerprint density at radius 1 is 0.903 bits per heavy atom. The Labute approximate surface area is 185 Å². The number of carbonyl (C=O) groups excluding carboxylic acids is 1. The second-order valence-corrected chi connectivity index (χ2v) is 8.68. The Morgan fingerprint density at radius 2 is 1.48 bits per heavy atom. The van der Waals surface area contributed by atoms with Crippen LogP contribution in [-0.2, 0) is 9.59 Å². The average molecular weight is 449 g/mol. The zero-order valence-corrected chi connectivity index (χ0v) is 19.2. The van der Waals surface area contributed by atoms with Gasteiger partial charge in [-0.05, 0) is 71.9 Å². The quantitative estimate of drug-likeness (QED) is 0.142. The molecule has 0 aromatic heterocycles. The van der Waals surface area contributed by atoms with Crippen LogP contribution >= 0.6 is 0 Å². The Hall–Kier alpha value is -1.30. The lowest BCUT2D eigenvalue weighted by molar-refractivity contribution is -0.171. The van der Waals surface area contributed by atoms with Gasteiger partial charge in [-0.25, -0.2) is 4.79 Å². The molecule has 10 heteroatoms. The number of carboxylic acids is 1. The number of hydrogen-bond donors (Lipinski definition) is 7. The highest BCUT2D eigenvalue weighted by Gasteiger charge is 2.53. The maximum atomic E-state index is 13.4. The first-order valence-electron chi connectivity index (χ1n) is 11.2. The van der Waals surface area contributed by atoms with Crippen molar-refractivity contribution in [1.82, 2.24) is 4.90 Å². The molecule has 4 unspecified atom stereocenters. The van der Waals surface area contributed by atoms with Crippen LogP contribution in [0.4, 0.5) is 0 Å². The number of rotatable bonds is 17. The van der Waals surface area contributed by atoms with Crippen LogP contribution in [0.3, 0.4) is 0 Å². The molecule has 0 aliphatic carbocycles. The highest BCUT2D eigenvalue weighted by molar-refractivity contribution is 5.90. The number of β-amino-alcohol motifs (C(OH)–C–C–N with tert-alkyl or cyclic N) is 1. The normalized spacial score (nSPS) is 18.5. The van der Waals surface area contributed by atoms with Gasteiger partial charge in [-0.2, -0.15) is 0 Å². The number of aliphatic hydroxyl groups is 3. The zero-order valence-electron chi connectivity index (χ0n) is 19.2. The number of amides is 1. The molecule has 0 spiro atoms. The van der Waals surface area contributed by atoms with Crippen LogP contribution in [0, 0.1) is 5.92 Å². The van der Waals surface area contributed by atoms with E-state index in [9.17, 15) is 30.0 Å². The summed E-state index contributed by atoms with van der Waals surface area (Å²) in [5.41, 5.74) is 15.4. The van der Waals surface area contributed by atoms with Crippen LogP contribution in [0.25, 0.3) is 0 Å². The molecule has 184 valence electrons. The maximum absolute atomic E-state index is 13.4. The molecule has 0 fully saturated rings. The third-order valence-electron chi connectivity index (χ3n) is 5.52. The monoisotopic (exact) mass is 448 g/mol. The number of aliphatic hydroxyl groups excluding tert-OH is 3. The van der Waals surface area contributed by atoms with E-state index in [1.54, 1.807) is 6.92 Å². The van der Waals surface area contributed by atoms with Crippen molar-refractivity contribution in [2.24, 2.45) is 23.1 Å². The van der Waals surface area contributed by atoms with Gasteiger partial charge >= 0.3 is 5.97 Å². The summed E-state index contributed by atoms with van der Waals surface area (Å²) < 4.78 is 0. The summed E-state index contributed by atoms with van der Waals surface area (Å²) in [6, 6.07) is -0.972. The van der Waals surface area contributed by atoms with Crippen molar-refractivity contribution in [3.63, 3.8) is 0 Å². The van der Waals surface area contributed by atoms with Crippen molar-refractivity contribution < 1.29 is 30.0 Å². The van der Waals surface area contributed by atoms with E-state index in [1.165, 1.54) is 13.8 Å². The number of carboxylic acid groups (broad SMARTS) is 1. The third-order valence-corrected chi connectivity index (χ3v) is 5.52. The van der Waals surface area contributed by atoms with E-state index >= 15 is 0 Å². The fourth-order valence-electron chi connectivity index (χ4n) is 4.20. The number of unbranched alkanes of at least 4 members (excludes halogenated alkanes) is 1. The first-order chi connectivity index (χ1) is 14.4. The highest BCUT2D eigenvalue weighted by atomic mass is 16.4. The third kappa shape index (κ3) is 9.38. The average Bonchev–Trinajstić information content (AvgIpc) is 2.66. The molecular weight excluding hydrogens is 404 g/mol. The second-order valence-electron chi connectivity index (χ2n) is 8.68. The van der Waals surface area contributed by atoms with Gasteiger partial charge in [0.2, 0.25) is 5.91 Å². The predicted molar refractivity (Wildman–Crippen MR) is 119 cm³/mol. The van der Waals surface area contributed by atoms with E-state index in [-0.39, 0.29) is 19.4 Å². The molecule has 0 aliphatic rings. The minimum Gasteiger partial charge on any atom is -0.479 e. The van der Waals surface area contributed by atoms with E-state index < -0.39 is 47.7 Å². The van der Waals surface area contributed by atoms with Crippen molar-refractivity contribution in [1.29, 1.82) is 0 Å². The number of nitrogens with two attached hydrogens (primary N) is 3. The van der Waals surface area contributed by atoms with Gasteiger partial charge in [-0.3, -0.25) is 4.79 Å². The topological polar surface area (TPSA) is 196 Å². The van der Waals surface area contributed by atoms with E-state index in [0.717, 1.165) is 4.90 Å². The van der Waals surface area contributed by atoms with Gasteiger partial charge in [0, 0.05) is 13.0 Å². The zero-order chi connectivity index (χ0) is 24.2. The Kier molecular flexibility index (Phi) is 14.1. The molecule has 0 saturated heterocycles. The van der Waals surface area contributed by atoms with E-state index in [0.29, 0.717) is 45.2 Å². The van der Waals surface area contributed by atoms with Crippen LogP contribution in [0.5, 0.6) is 0 Å². The molecule has 0 radical (unpaired) electrons. The number of hydrogen-bond acceptors (Lipinski definition) is 8. The van der Waals surface area contributed by atoms with Crippen molar-refractivity contribution in [2.75, 3.05) is 19.6 Å². The predicted octanol–water partition coefficient (Wildman–Crippen LogP) is -0.628. The second kappa shape index (κ2) is 14.7. The number of nitrogens with zero attached hydrogens (tertiary/aromatic N) is 1. The van der Waals surface area contributed by atoms with E-state index in [2.05, 4.69) is 0 Å². The first kappa shape index (κ1) is 29.7. The van der Waals surface area contributed by atoms with Crippen molar-refractivity contribution in [3.8, 4) is 0 Å². The Bertz CT molecular complexity index is 532. The number of aliphatic carboxylic acids is 1. The maximum Gasteiger partial charge on any atom is 0.330 e. The van der Waals surface area contributed by atoms with Gasteiger partial charge in [0.1, 0.15) is 5.54 Å². The highest BCUT2D eigenvalue weighted by Crippen LogP contribution is 2.38. The molecule has 0 bridgehead atoms. The molecule has 10 N–H and O–H groups in total. The molecular formula is C21H44N4O6. The Balaban J connectivity index is 6.47. The SMILES string of the molecule is CC(O)CC(CCCN)[C@@](CC(C)O)(C(=O)O)N(CC(C)O)C(=O)[C@@H](N)CCCCN. The fourth-order valence-corrected chi connectivity index (χ4v) is 4.20. The lowest BCUT2D eigenvalue weighted by Gasteiger charge is -2.48. The molecule has 6 atom stereocenters. The molecule has 1 amide bonds. The molecule has 31 heavy (non-hydrogen) atoms. The van der Waals surface area contributed by atoms with Gasteiger partial charge in [-0.1, -0.05) is 6.42 Å². The fraction of sp³-hybridized carbons (Fsp3) is 0.905. The minimum atomic E-state index is -1.86. The molecule has 0 heterocycles. The summed E-state index contributed by atoms with van der Waals surface area (Å²) in [6.45, 7) is 4.95. The van der Waals surface area contributed by atoms with Crippen LogP contribution < -0.4 is 17.2 Å². The van der Waals surface area contributed by atoms with E-state index in [1.807, 2.05) is 0 Å². The number of carbonyl (C=O) groups is 2. The summed E-state index contributed by atoms with van der Waals surface area (Å²) in [4.78, 5) is 27.3. The van der Waals surface area contributed by atoms with Crippen LogP contribution in [0.2, 0.25) is 0 Å². The molecule has 0 aromatic rings. The molecule has 0 rings (SSSR count). The minimum absolute atomic E-state index is 0.0883. The van der Waals surface area contributed by atoms with E-state index in [4.69, 9.17) is 17.2 Å². The molecule has 0 aromatic carbocycles. The first-order valence-corrected chi connectivity index (χ1v) is 11.2. The summed E-state index contributed by atoms with van der Waals surface area (Å²) in [5.74, 6) is -2.62. The van der Waals surface area contributed by atoms with Gasteiger partial charge < -0.3 is 42.5 Å². The molecule has 0 saturated carbocycles. The largest absolute Gasteiger partial charge is 0.479 e. The van der Waals surface area contributed by atoms with Crippen LogP contribution in [0.1, 0.15) is 65.7 Å². The van der Waals surface area contributed by atoms with Crippen LogP contribution in [0.15, 0.2) is 0 Å². The van der Waals surface area contributed by atoms with Gasteiger partial charge in [0.15, 0.2) is 0 Å². The summed E-state index contributed by atoms with van der Waals surface area (Å²) in [5, 5.41) is 40.8. The van der Waals surface area contributed by atoms with Crippen molar-refractivity contribution in [2.45, 2.75) is 95.6 Å². The van der Waals surface area contributed by atoms with Crippen molar-refractivity contribution in [3.05, 3.63) is 0 Å². The molecule has 10 nitrogen and oxygen atoms in total. The van der Waals surface area contributed by atoms with Crippen molar-refractivity contribution >= 4 is 11.9 Å². The standard InChI is InChI=1S/C21H44N4O6/c1-14(26)11-17(7-6-10-23)21(20(30)31,12-15(2)27)25(13-16(3)28)19(29)18(24)8-4-5-9-22/h14-18,26-28H,4-13,22-24H2,1-3H3,(H,30,31)/t14?,15?,16?,17?,18-,21-/m0/s1. The van der Waals surface area contributed by atoms with Gasteiger partial charge in [-0.15, -0.1) is 0 Å². The van der Waals surface area contributed by atoms with Crippen LogP contribution in [-0.4, -0.2) is 86.7 Å². The summed E-state index contributed by atoms with van der Waals surface area (Å²) in [6.07, 6.45) is -0.680. The van der Waals surface area contributed by atoms with Gasteiger partial charge in [0.25, 0.3) is 0 Å². The lowest BCUT2D eigenvalue weighted by atomic mass is 9.72. The summed E-state index contributed by atoms with van der Waals surface area (Å²) in [7, 11) is 0. The summed E-state index contributed by atoms with van der Waals surface area (Å²) >= 11 is 0. The smallest absolute Gasteiger partial charge is 0.330 e. The Morgan fingerprint density at radius 3 is 1.90 bits per heavy atom. The molecule has 0 aliphatic heterocycles. The van der Waals surface area contributed by atoms with Gasteiger partial charge in [0.05, 0.1) is 24.4 Å².